The van der Waals surface area contributed by atoms with Crippen LogP contribution in [0.2, 0.25) is 0 Å². The largest absolute Gasteiger partial charge is 0.472 e. The lowest BCUT2D eigenvalue weighted by atomic mass is 9.35. The Morgan fingerprint density at radius 2 is 1.66 bits per heavy atom. The van der Waals surface area contributed by atoms with Gasteiger partial charge in [-0.3, -0.25) is 14.4 Å². The number of furan rings is 1. The first-order chi connectivity index (χ1) is 17.7. The average Bonchev–Trinajstić information content (AvgIpc) is 3.30. The van der Waals surface area contributed by atoms with E-state index in [-0.39, 0.29) is 35.5 Å². The average molecular weight is 529 g/mol. The lowest BCUT2D eigenvalue weighted by molar-refractivity contribution is -0.287. The van der Waals surface area contributed by atoms with E-state index in [4.69, 9.17) is 18.6 Å². The number of hydrogen-bond acceptors (Lipinski definition) is 8. The van der Waals surface area contributed by atoms with Gasteiger partial charge in [-0.1, -0.05) is 34.6 Å². The predicted molar refractivity (Wildman–Crippen MR) is 135 cm³/mol. The molecule has 1 saturated heterocycles. The van der Waals surface area contributed by atoms with E-state index in [1.165, 1.54) is 13.8 Å². The fourth-order valence-electron chi connectivity index (χ4n) is 10.6. The quantitative estimate of drug-likeness (QED) is 0.459. The van der Waals surface area contributed by atoms with E-state index < -0.39 is 51.7 Å². The molecule has 1 N–H and O–H groups in total. The summed E-state index contributed by atoms with van der Waals surface area (Å²) in [5, 5.41) is 12.1. The number of carbonyl (C=O) groups is 3. The number of hydrogen-bond donors (Lipinski definition) is 1. The molecule has 8 heteroatoms. The molecule has 5 aliphatic rings. The number of esters is 2. The third kappa shape index (κ3) is 2.81. The van der Waals surface area contributed by atoms with Crippen LogP contribution >= 0.6 is 0 Å². The van der Waals surface area contributed by atoms with Crippen LogP contribution in [-0.4, -0.2) is 52.8 Å². The molecule has 0 radical (unpaired) electrons. The Labute approximate surface area is 223 Å². The Morgan fingerprint density at radius 3 is 2.26 bits per heavy atom. The Balaban J connectivity index is 1.48. The number of fused-ring (bicyclic) bond motifs is 3. The van der Waals surface area contributed by atoms with Crippen LogP contribution in [-0.2, 0) is 28.6 Å². The molecule has 1 aromatic rings. The monoisotopic (exact) mass is 528 g/mol. The molecule has 1 aromatic heterocycles. The van der Waals surface area contributed by atoms with Crippen molar-refractivity contribution in [2.24, 2.45) is 33.5 Å². The lowest BCUT2D eigenvalue weighted by Gasteiger charge is -2.70. The third-order valence-electron chi connectivity index (χ3n) is 12.1. The van der Waals surface area contributed by atoms with Gasteiger partial charge in [0.15, 0.2) is 5.78 Å². The SMILES string of the molecule is CC(=O)O[C@H]1C[C@H](OC(C)=O)[C@@]2(C)[C@H](C[C@@H](O)[C@]3(C)[C@H]2CC[C@@]2(C)[C@H](c4ccoc4)C(=O)[C@@H]4O[C@@]432)C1(C)C. The van der Waals surface area contributed by atoms with Crippen molar-refractivity contribution in [3.05, 3.63) is 24.2 Å². The van der Waals surface area contributed by atoms with Crippen LogP contribution in [0.4, 0.5) is 0 Å². The van der Waals surface area contributed by atoms with Gasteiger partial charge in [0.25, 0.3) is 0 Å². The number of ketones is 1. The van der Waals surface area contributed by atoms with E-state index in [0.29, 0.717) is 12.8 Å². The number of Topliss-reactive ketones (excluding diaryl/α,β-unsaturated/α-hetero) is 1. The second-order valence-corrected chi connectivity index (χ2v) is 13.8. The van der Waals surface area contributed by atoms with Gasteiger partial charge in [0.1, 0.15) is 23.9 Å². The molecule has 0 bridgehead atoms. The zero-order chi connectivity index (χ0) is 27.6. The van der Waals surface area contributed by atoms with E-state index in [1.54, 1.807) is 12.5 Å². The van der Waals surface area contributed by atoms with Crippen molar-refractivity contribution in [1.82, 2.24) is 0 Å². The molecule has 4 saturated carbocycles. The van der Waals surface area contributed by atoms with Crippen LogP contribution in [0.3, 0.4) is 0 Å². The van der Waals surface area contributed by atoms with Gasteiger partial charge in [-0.25, -0.2) is 0 Å². The molecule has 0 aromatic carbocycles. The number of epoxide rings is 1. The molecular formula is C30H40O8. The normalized spacial score (nSPS) is 50.2. The third-order valence-corrected chi connectivity index (χ3v) is 12.1. The molecular weight excluding hydrogens is 488 g/mol. The van der Waals surface area contributed by atoms with Crippen LogP contribution < -0.4 is 0 Å². The highest BCUT2D eigenvalue weighted by Crippen LogP contribution is 2.82. The highest BCUT2D eigenvalue weighted by atomic mass is 16.6. The summed E-state index contributed by atoms with van der Waals surface area (Å²) >= 11 is 0. The topological polar surface area (TPSA) is 116 Å². The van der Waals surface area contributed by atoms with Crippen molar-refractivity contribution in [1.29, 1.82) is 0 Å². The van der Waals surface area contributed by atoms with E-state index in [2.05, 4.69) is 34.6 Å². The Hall–Kier alpha value is -2.19. The zero-order valence-electron chi connectivity index (χ0n) is 23.4. The maximum atomic E-state index is 13.8. The molecule has 2 heterocycles. The minimum Gasteiger partial charge on any atom is -0.472 e. The number of ether oxygens (including phenoxy) is 3. The van der Waals surface area contributed by atoms with Crippen molar-refractivity contribution in [2.45, 2.75) is 110 Å². The fourth-order valence-corrected chi connectivity index (χ4v) is 10.6. The van der Waals surface area contributed by atoms with Crippen LogP contribution in [0.15, 0.2) is 23.0 Å². The van der Waals surface area contributed by atoms with Crippen molar-refractivity contribution in [3.63, 3.8) is 0 Å². The second-order valence-electron chi connectivity index (χ2n) is 13.8. The smallest absolute Gasteiger partial charge is 0.302 e. The molecule has 8 nitrogen and oxygen atoms in total. The standard InChI is InChI=1S/C30H40O8/c1-15(31)36-21-13-22(37-16(2)32)28(6)18-8-10-27(5)23(17-9-11-35-14-17)24(34)25-30(27,38-25)29(18,7)20(33)12-19(28)26(21,3)4/h9,11,14,18-23,25,33H,8,10,12-13H2,1-7H3/t18-,19+,20+,21-,22-,23+,25-,27-,28+,29-,30+/m0/s1. The van der Waals surface area contributed by atoms with Gasteiger partial charge < -0.3 is 23.7 Å². The van der Waals surface area contributed by atoms with Crippen molar-refractivity contribution in [2.75, 3.05) is 0 Å². The van der Waals surface area contributed by atoms with Gasteiger partial charge in [0.05, 0.1) is 24.5 Å². The maximum absolute atomic E-state index is 13.8. The molecule has 5 fully saturated rings. The summed E-state index contributed by atoms with van der Waals surface area (Å²) in [6, 6.07) is 1.87. The minimum absolute atomic E-state index is 0.0608. The predicted octanol–water partition coefficient (Wildman–Crippen LogP) is 4.19. The first-order valence-corrected chi connectivity index (χ1v) is 13.9. The van der Waals surface area contributed by atoms with E-state index >= 15 is 0 Å². The molecule has 1 aliphatic heterocycles. The van der Waals surface area contributed by atoms with Crippen LogP contribution in [0.25, 0.3) is 0 Å². The number of rotatable bonds is 3. The van der Waals surface area contributed by atoms with Gasteiger partial charge in [0.2, 0.25) is 0 Å². The van der Waals surface area contributed by atoms with Gasteiger partial charge in [0, 0.05) is 47.5 Å². The number of aliphatic hydroxyl groups is 1. The molecule has 1 spiro atoms. The Kier molecular flexibility index (Phi) is 5.29. The first kappa shape index (κ1) is 26.1. The minimum atomic E-state index is -0.813. The summed E-state index contributed by atoms with van der Waals surface area (Å²) < 4.78 is 23.7. The molecule has 6 rings (SSSR count). The van der Waals surface area contributed by atoms with Crippen LogP contribution in [0.5, 0.6) is 0 Å². The highest BCUT2D eigenvalue weighted by molar-refractivity contribution is 5.98. The summed E-state index contributed by atoms with van der Waals surface area (Å²) in [4.78, 5) is 38.2. The summed E-state index contributed by atoms with van der Waals surface area (Å²) in [5.41, 5.74) is -2.19. The molecule has 11 atom stereocenters. The fraction of sp³-hybridized carbons (Fsp3) is 0.767. The number of carbonyl (C=O) groups excluding carboxylic acids is 3. The zero-order valence-corrected chi connectivity index (χ0v) is 23.4. The summed E-state index contributed by atoms with van der Waals surface area (Å²) in [6.45, 7) is 13.4. The molecule has 4 aliphatic carbocycles. The molecule has 38 heavy (non-hydrogen) atoms. The van der Waals surface area contributed by atoms with Gasteiger partial charge in [-0.05, 0) is 37.2 Å². The molecule has 0 unspecified atom stereocenters. The first-order valence-electron chi connectivity index (χ1n) is 13.9. The molecule has 208 valence electrons. The summed E-state index contributed by atoms with van der Waals surface area (Å²) in [5.74, 6) is -1.21. The van der Waals surface area contributed by atoms with Gasteiger partial charge >= 0.3 is 11.9 Å². The van der Waals surface area contributed by atoms with Gasteiger partial charge in [-0.15, -0.1) is 0 Å². The van der Waals surface area contributed by atoms with E-state index in [9.17, 15) is 19.5 Å². The maximum Gasteiger partial charge on any atom is 0.302 e. The van der Waals surface area contributed by atoms with Crippen LogP contribution in [0.1, 0.15) is 85.6 Å². The Bertz CT molecular complexity index is 1190. The van der Waals surface area contributed by atoms with E-state index in [0.717, 1.165) is 18.4 Å². The summed E-state index contributed by atoms with van der Waals surface area (Å²) in [7, 11) is 0. The van der Waals surface area contributed by atoms with Crippen LogP contribution in [0, 0.1) is 33.5 Å². The van der Waals surface area contributed by atoms with Crippen molar-refractivity contribution < 1.29 is 38.1 Å². The molecule has 0 amide bonds. The summed E-state index contributed by atoms with van der Waals surface area (Å²) in [6.07, 6.45) is 3.30. The lowest BCUT2D eigenvalue weighted by Crippen LogP contribution is -2.73. The Morgan fingerprint density at radius 1 is 1.00 bits per heavy atom. The second kappa shape index (κ2) is 7.72. The number of aliphatic hydroxyl groups excluding tert-OH is 1. The van der Waals surface area contributed by atoms with Crippen molar-refractivity contribution in [3.8, 4) is 0 Å². The highest BCUT2D eigenvalue weighted by Gasteiger charge is 2.90. The van der Waals surface area contributed by atoms with Crippen molar-refractivity contribution >= 4 is 17.7 Å². The van der Waals surface area contributed by atoms with E-state index in [1.807, 2.05) is 6.07 Å². The van der Waals surface area contributed by atoms with Gasteiger partial charge in [-0.2, -0.15) is 0 Å².